The minimum Gasteiger partial charge on any atom is -0.492 e. The van der Waals surface area contributed by atoms with E-state index < -0.39 is 4.92 Å². The summed E-state index contributed by atoms with van der Waals surface area (Å²) in [5.74, 6) is 1.30. The molecule has 0 N–H and O–H groups in total. The predicted molar refractivity (Wildman–Crippen MR) is 65.3 cm³/mol. The van der Waals surface area contributed by atoms with Crippen molar-refractivity contribution >= 4 is 5.69 Å². The lowest BCUT2D eigenvalue weighted by Gasteiger charge is -2.24. The van der Waals surface area contributed by atoms with Crippen molar-refractivity contribution in [1.29, 1.82) is 0 Å². The van der Waals surface area contributed by atoms with Crippen LogP contribution in [0, 0.1) is 10.1 Å². The number of hydrogen-bond acceptors (Lipinski definition) is 5. The van der Waals surface area contributed by atoms with Crippen molar-refractivity contribution in [2.24, 2.45) is 0 Å². The first-order chi connectivity index (χ1) is 8.65. The van der Waals surface area contributed by atoms with Crippen molar-refractivity contribution in [3.63, 3.8) is 0 Å². The van der Waals surface area contributed by atoms with Gasteiger partial charge in [-0.3, -0.25) is 15.0 Å². The summed E-state index contributed by atoms with van der Waals surface area (Å²) in [6, 6.07) is 5.92. The van der Waals surface area contributed by atoms with Crippen LogP contribution in [0.1, 0.15) is 0 Å². The van der Waals surface area contributed by atoms with Gasteiger partial charge in [0, 0.05) is 18.7 Å². The number of non-ortho nitro benzene ring substituents is 1. The van der Waals surface area contributed by atoms with Crippen molar-refractivity contribution in [3.8, 4) is 5.75 Å². The van der Waals surface area contributed by atoms with E-state index in [0.717, 1.165) is 12.3 Å². The molecular formula is C12H14N2O4. The van der Waals surface area contributed by atoms with Gasteiger partial charge >= 0.3 is 0 Å². The van der Waals surface area contributed by atoms with Gasteiger partial charge in [-0.2, -0.15) is 0 Å². The van der Waals surface area contributed by atoms with Crippen molar-refractivity contribution in [2.45, 2.75) is 0 Å². The molecule has 0 aromatic heterocycles. The number of ether oxygens (including phenoxy) is 2. The van der Waals surface area contributed by atoms with Gasteiger partial charge in [0.2, 0.25) is 0 Å². The van der Waals surface area contributed by atoms with E-state index in [4.69, 9.17) is 9.47 Å². The highest BCUT2D eigenvalue weighted by Gasteiger charge is 2.11. The van der Waals surface area contributed by atoms with Crippen LogP contribution >= 0.6 is 0 Å². The maximum atomic E-state index is 10.5. The maximum absolute atomic E-state index is 10.5. The van der Waals surface area contributed by atoms with Gasteiger partial charge in [-0.25, -0.2) is 0 Å². The van der Waals surface area contributed by atoms with E-state index in [1.54, 1.807) is 12.1 Å². The molecule has 1 heterocycles. The van der Waals surface area contributed by atoms with Crippen LogP contribution < -0.4 is 4.74 Å². The molecule has 1 aromatic carbocycles. The molecule has 1 fully saturated rings. The van der Waals surface area contributed by atoms with Gasteiger partial charge < -0.3 is 9.47 Å². The maximum Gasteiger partial charge on any atom is 0.269 e. The molecule has 0 atom stereocenters. The van der Waals surface area contributed by atoms with E-state index in [2.05, 4.69) is 4.90 Å². The fourth-order valence-electron chi connectivity index (χ4n) is 1.57. The molecule has 0 aliphatic carbocycles. The zero-order chi connectivity index (χ0) is 13.0. The van der Waals surface area contributed by atoms with Gasteiger partial charge in [0.05, 0.1) is 11.5 Å². The van der Waals surface area contributed by atoms with Gasteiger partial charge in [0.1, 0.15) is 24.4 Å². The minimum atomic E-state index is -0.443. The molecule has 2 rings (SSSR count). The van der Waals surface area contributed by atoms with Gasteiger partial charge in [0.15, 0.2) is 0 Å². The van der Waals surface area contributed by atoms with E-state index in [1.165, 1.54) is 18.4 Å². The van der Waals surface area contributed by atoms with Crippen molar-refractivity contribution < 1.29 is 14.4 Å². The molecule has 1 saturated heterocycles. The lowest BCUT2D eigenvalue weighted by molar-refractivity contribution is -0.384. The summed E-state index contributed by atoms with van der Waals surface area (Å²) in [5, 5.41) is 10.5. The SMILES string of the molecule is CN1CCO/C(=C\Oc2ccc([N+](=O)[O-])cc2)C1. The fraction of sp³-hybridized carbons (Fsp3) is 0.333. The van der Waals surface area contributed by atoms with Crippen LogP contribution in [0.25, 0.3) is 0 Å². The lowest BCUT2D eigenvalue weighted by atomic mass is 10.3. The molecule has 0 radical (unpaired) electrons. The monoisotopic (exact) mass is 250 g/mol. The number of nitro groups is 1. The Kier molecular flexibility index (Phi) is 3.78. The molecule has 6 nitrogen and oxygen atoms in total. The molecule has 0 spiro atoms. The van der Waals surface area contributed by atoms with Gasteiger partial charge in [-0.1, -0.05) is 0 Å². The molecule has 18 heavy (non-hydrogen) atoms. The minimum absolute atomic E-state index is 0.0450. The summed E-state index contributed by atoms with van der Waals surface area (Å²) in [7, 11) is 2.00. The van der Waals surface area contributed by atoms with Crippen LogP contribution in [-0.4, -0.2) is 36.6 Å². The molecule has 1 aliphatic rings. The molecule has 1 aliphatic heterocycles. The number of likely N-dealkylation sites (N-methyl/N-ethyl adjacent to an activating group) is 1. The average molecular weight is 250 g/mol. The standard InChI is InChI=1S/C12H14N2O4/c1-13-6-7-17-12(8-13)9-18-11-4-2-10(3-5-11)14(15)16/h2-5,9H,6-8H2,1H3/b12-9-. The fourth-order valence-corrected chi connectivity index (χ4v) is 1.57. The number of benzene rings is 1. The first-order valence-corrected chi connectivity index (χ1v) is 5.56. The van der Waals surface area contributed by atoms with Gasteiger partial charge in [-0.15, -0.1) is 0 Å². The normalized spacial score (nSPS) is 18.4. The molecule has 0 bridgehead atoms. The largest absolute Gasteiger partial charge is 0.492 e. The van der Waals surface area contributed by atoms with Crippen LogP contribution in [-0.2, 0) is 4.74 Å². The Balaban J connectivity index is 1.97. The highest BCUT2D eigenvalue weighted by molar-refractivity contribution is 5.36. The summed E-state index contributed by atoms with van der Waals surface area (Å²) in [4.78, 5) is 12.2. The summed E-state index contributed by atoms with van der Waals surface area (Å²) in [6.45, 7) is 2.24. The van der Waals surface area contributed by atoms with E-state index in [-0.39, 0.29) is 5.69 Å². The first-order valence-electron chi connectivity index (χ1n) is 5.56. The van der Waals surface area contributed by atoms with Gasteiger partial charge in [-0.05, 0) is 19.2 Å². The number of nitrogens with zero attached hydrogens (tertiary/aromatic N) is 2. The molecule has 1 aromatic rings. The van der Waals surface area contributed by atoms with Gasteiger partial charge in [0.25, 0.3) is 5.69 Å². The second kappa shape index (κ2) is 5.50. The third-order valence-electron chi connectivity index (χ3n) is 2.56. The molecule has 96 valence electrons. The van der Waals surface area contributed by atoms with E-state index in [1.807, 2.05) is 7.05 Å². The van der Waals surface area contributed by atoms with Crippen molar-refractivity contribution in [2.75, 3.05) is 26.7 Å². The third kappa shape index (κ3) is 3.21. The van der Waals surface area contributed by atoms with E-state index in [0.29, 0.717) is 18.9 Å². The number of rotatable bonds is 3. The molecule has 0 saturated carbocycles. The number of nitro benzene ring substituents is 1. The summed E-state index contributed by atoms with van der Waals surface area (Å²) >= 11 is 0. The first kappa shape index (κ1) is 12.4. The Morgan fingerprint density at radius 1 is 1.44 bits per heavy atom. The summed E-state index contributed by atoms with van der Waals surface area (Å²) < 4.78 is 10.8. The quantitative estimate of drug-likeness (QED) is 0.465. The zero-order valence-corrected chi connectivity index (χ0v) is 10.0. The highest BCUT2D eigenvalue weighted by atomic mass is 16.6. The topological polar surface area (TPSA) is 64.8 Å². The predicted octanol–water partition coefficient (Wildman–Crippen LogP) is 1.78. The number of morpholine rings is 1. The molecule has 0 unspecified atom stereocenters. The average Bonchev–Trinajstić information content (AvgIpc) is 2.37. The van der Waals surface area contributed by atoms with Crippen LogP contribution in [0.3, 0.4) is 0 Å². The Morgan fingerprint density at radius 3 is 2.78 bits per heavy atom. The summed E-state index contributed by atoms with van der Waals surface area (Å²) in [6.07, 6.45) is 1.54. The lowest BCUT2D eigenvalue weighted by Crippen LogP contribution is -2.31. The van der Waals surface area contributed by atoms with E-state index >= 15 is 0 Å². The Labute approximate surface area is 105 Å². The van der Waals surface area contributed by atoms with Crippen LogP contribution in [0.5, 0.6) is 5.75 Å². The third-order valence-corrected chi connectivity index (χ3v) is 2.56. The van der Waals surface area contributed by atoms with E-state index in [9.17, 15) is 10.1 Å². The van der Waals surface area contributed by atoms with Crippen LogP contribution in [0.15, 0.2) is 36.3 Å². The highest BCUT2D eigenvalue weighted by Crippen LogP contribution is 2.18. The van der Waals surface area contributed by atoms with Crippen LogP contribution in [0.4, 0.5) is 5.69 Å². The number of hydrogen-bond donors (Lipinski definition) is 0. The second-order valence-electron chi connectivity index (χ2n) is 4.04. The Bertz CT molecular complexity index is 456. The zero-order valence-electron chi connectivity index (χ0n) is 10.0. The second-order valence-corrected chi connectivity index (χ2v) is 4.04. The van der Waals surface area contributed by atoms with Crippen molar-refractivity contribution in [3.05, 3.63) is 46.4 Å². The molecule has 6 heteroatoms. The molecule has 0 amide bonds. The van der Waals surface area contributed by atoms with Crippen molar-refractivity contribution in [1.82, 2.24) is 4.90 Å². The molecular weight excluding hydrogens is 236 g/mol. The smallest absolute Gasteiger partial charge is 0.269 e. The van der Waals surface area contributed by atoms with Crippen LogP contribution in [0.2, 0.25) is 0 Å². The summed E-state index contributed by atoms with van der Waals surface area (Å²) in [5.41, 5.74) is 0.0450. The Morgan fingerprint density at radius 2 is 2.17 bits per heavy atom. The Hall–Kier alpha value is -2.08.